The van der Waals surface area contributed by atoms with Gasteiger partial charge in [-0.25, -0.2) is 22.0 Å². The highest BCUT2D eigenvalue weighted by Crippen LogP contribution is 2.23. The van der Waals surface area contributed by atoms with Crippen molar-refractivity contribution >= 4 is 27.6 Å². The van der Waals surface area contributed by atoms with Gasteiger partial charge in [0.25, 0.3) is 15.9 Å². The lowest BCUT2D eigenvalue weighted by Crippen LogP contribution is -2.30. The normalized spacial score (nSPS) is 12.3. The van der Waals surface area contributed by atoms with E-state index >= 15 is 0 Å². The van der Waals surface area contributed by atoms with Crippen LogP contribution in [-0.2, 0) is 19.6 Å². The average molecular weight is 384 g/mol. The van der Waals surface area contributed by atoms with Gasteiger partial charge in [-0.15, -0.1) is 0 Å². The summed E-state index contributed by atoms with van der Waals surface area (Å²) >= 11 is 0. The van der Waals surface area contributed by atoms with Crippen molar-refractivity contribution in [3.05, 3.63) is 59.7 Å². The first kappa shape index (κ1) is 19.3. The summed E-state index contributed by atoms with van der Waals surface area (Å²) in [5.41, 5.74) is 4.53. The molecule has 2 rings (SSSR count). The molecule has 0 heterocycles. The third kappa shape index (κ3) is 4.33. The molecule has 0 aliphatic heterocycles. The molecule has 0 unspecified atom stereocenters. The predicted octanol–water partition coefficient (Wildman–Crippen LogP) is 1.80. The van der Waals surface area contributed by atoms with Crippen molar-refractivity contribution in [3.63, 3.8) is 0 Å². The fourth-order valence-corrected chi connectivity index (χ4v) is 3.09. The lowest BCUT2D eigenvalue weighted by molar-refractivity contribution is -0.125. The lowest BCUT2D eigenvalue weighted by Gasteiger charge is -2.14. The Bertz CT molecular complexity index is 963. The molecular weight excluding hydrogens is 370 g/mol. The van der Waals surface area contributed by atoms with Crippen molar-refractivity contribution in [1.82, 2.24) is 0 Å². The lowest BCUT2D eigenvalue weighted by atomic mass is 10.2. The number of carbonyl (C=O) groups is 2. The van der Waals surface area contributed by atoms with Crippen molar-refractivity contribution in [2.45, 2.75) is 17.9 Å². The molecule has 0 aliphatic rings. The number of hydrogen-bond donors (Lipinski definition) is 2. The van der Waals surface area contributed by atoms with Crippen LogP contribution in [0.3, 0.4) is 0 Å². The third-order valence-corrected chi connectivity index (χ3v) is 4.64. The largest absolute Gasteiger partial charge is 0.449 e. The number of nitrogens with one attached hydrogen (secondary N) is 1. The maximum Gasteiger partial charge on any atom is 0.341 e. The summed E-state index contributed by atoms with van der Waals surface area (Å²) in [6.45, 7) is 1.25. The Morgan fingerprint density at radius 1 is 1.15 bits per heavy atom. The maximum atomic E-state index is 13.8. The number of carbonyl (C=O) groups excluding carboxylic acids is 2. The maximum absolute atomic E-state index is 13.8. The molecule has 10 heteroatoms. The van der Waals surface area contributed by atoms with E-state index in [-0.39, 0.29) is 11.3 Å². The van der Waals surface area contributed by atoms with Gasteiger partial charge in [-0.2, -0.15) is 0 Å². The topological polar surface area (TPSA) is 116 Å². The molecule has 2 aromatic rings. The van der Waals surface area contributed by atoms with Gasteiger partial charge in [-0.1, -0.05) is 12.1 Å². The van der Waals surface area contributed by atoms with Crippen LogP contribution in [0.15, 0.2) is 47.4 Å². The van der Waals surface area contributed by atoms with Crippen LogP contribution in [0.5, 0.6) is 0 Å². The zero-order chi connectivity index (χ0) is 19.5. The van der Waals surface area contributed by atoms with E-state index in [1.165, 1.54) is 31.2 Å². The molecule has 1 amide bonds. The second kappa shape index (κ2) is 7.48. The Morgan fingerprint density at radius 3 is 2.46 bits per heavy atom. The SMILES string of the molecule is C[C@H](OC(=O)c1ccccc1NS(=O)(=O)c1cc(F)ccc1F)C(N)=O. The molecule has 0 bridgehead atoms. The van der Waals surface area contributed by atoms with Crippen molar-refractivity contribution in [1.29, 1.82) is 0 Å². The van der Waals surface area contributed by atoms with Gasteiger partial charge in [0.1, 0.15) is 16.5 Å². The fourth-order valence-electron chi connectivity index (χ4n) is 1.92. The van der Waals surface area contributed by atoms with Crippen LogP contribution in [0.1, 0.15) is 17.3 Å². The highest BCUT2D eigenvalue weighted by atomic mass is 32.2. The summed E-state index contributed by atoms with van der Waals surface area (Å²) in [5.74, 6) is -4.02. The molecule has 2 aromatic carbocycles. The summed E-state index contributed by atoms with van der Waals surface area (Å²) in [6.07, 6.45) is -1.24. The van der Waals surface area contributed by atoms with E-state index in [0.717, 1.165) is 6.07 Å². The number of ether oxygens (including phenoxy) is 1. The minimum atomic E-state index is -4.53. The number of esters is 1. The Labute approximate surface area is 147 Å². The summed E-state index contributed by atoms with van der Waals surface area (Å²) in [5, 5.41) is 0. The minimum Gasteiger partial charge on any atom is -0.449 e. The first-order valence-corrected chi connectivity index (χ1v) is 8.67. The van der Waals surface area contributed by atoms with Crippen LogP contribution in [0.2, 0.25) is 0 Å². The van der Waals surface area contributed by atoms with Gasteiger partial charge in [0.05, 0.1) is 11.3 Å². The van der Waals surface area contributed by atoms with Crippen molar-refractivity contribution < 1.29 is 31.5 Å². The standard InChI is InChI=1S/C16H14F2N2O5S/c1-9(15(19)21)25-16(22)11-4-2-3-5-13(11)20-26(23,24)14-8-10(17)6-7-12(14)18/h2-9,20H,1H3,(H2,19,21)/t9-/m0/s1. The molecular formula is C16H14F2N2O5S. The van der Waals surface area contributed by atoms with Gasteiger partial charge < -0.3 is 10.5 Å². The number of amides is 1. The Hall–Kier alpha value is -3.01. The minimum absolute atomic E-state index is 0.235. The van der Waals surface area contributed by atoms with E-state index in [1.807, 2.05) is 4.72 Å². The summed E-state index contributed by atoms with van der Waals surface area (Å²) in [6, 6.07) is 7.23. The molecule has 0 spiro atoms. The van der Waals surface area contributed by atoms with Gasteiger partial charge in [-0.3, -0.25) is 9.52 Å². The summed E-state index contributed by atoms with van der Waals surface area (Å²) < 4.78 is 58.5. The van der Waals surface area contributed by atoms with Gasteiger partial charge >= 0.3 is 5.97 Å². The van der Waals surface area contributed by atoms with Gasteiger partial charge in [0.15, 0.2) is 6.10 Å². The van der Waals surface area contributed by atoms with Crippen LogP contribution < -0.4 is 10.5 Å². The smallest absolute Gasteiger partial charge is 0.341 e. The number of hydrogen-bond acceptors (Lipinski definition) is 5. The third-order valence-electron chi connectivity index (χ3n) is 3.26. The van der Waals surface area contributed by atoms with Crippen LogP contribution in [0.4, 0.5) is 14.5 Å². The number of anilines is 1. The Kier molecular flexibility index (Phi) is 5.56. The molecule has 26 heavy (non-hydrogen) atoms. The van der Waals surface area contributed by atoms with Crippen molar-refractivity contribution in [2.24, 2.45) is 5.73 Å². The summed E-state index contributed by atoms with van der Waals surface area (Å²) in [4.78, 5) is 22.2. The Balaban J connectivity index is 2.37. The molecule has 0 radical (unpaired) electrons. The average Bonchev–Trinajstić information content (AvgIpc) is 2.56. The number of nitrogens with two attached hydrogens (primary N) is 1. The van der Waals surface area contributed by atoms with Crippen molar-refractivity contribution in [3.8, 4) is 0 Å². The van der Waals surface area contributed by atoms with E-state index in [2.05, 4.69) is 0 Å². The van der Waals surface area contributed by atoms with E-state index in [1.54, 1.807) is 0 Å². The van der Waals surface area contributed by atoms with E-state index in [9.17, 15) is 26.8 Å². The van der Waals surface area contributed by atoms with Crippen molar-refractivity contribution in [2.75, 3.05) is 4.72 Å². The highest BCUT2D eigenvalue weighted by Gasteiger charge is 2.24. The van der Waals surface area contributed by atoms with Gasteiger partial charge in [0, 0.05) is 0 Å². The Morgan fingerprint density at radius 2 is 1.81 bits per heavy atom. The molecule has 0 fully saturated rings. The molecule has 3 N–H and O–H groups in total. The van der Waals surface area contributed by atoms with Crippen LogP contribution >= 0.6 is 0 Å². The first-order valence-electron chi connectivity index (χ1n) is 7.19. The number of primary amides is 1. The number of para-hydroxylation sites is 1. The molecule has 0 saturated heterocycles. The quantitative estimate of drug-likeness (QED) is 0.737. The summed E-state index contributed by atoms with van der Waals surface area (Å²) in [7, 11) is -4.53. The molecule has 0 aromatic heterocycles. The molecule has 0 aliphatic carbocycles. The zero-order valence-corrected chi connectivity index (χ0v) is 14.2. The van der Waals surface area contributed by atoms with Crippen LogP contribution in [0.25, 0.3) is 0 Å². The van der Waals surface area contributed by atoms with Crippen LogP contribution in [0, 0.1) is 11.6 Å². The monoisotopic (exact) mass is 384 g/mol. The van der Waals surface area contributed by atoms with E-state index in [0.29, 0.717) is 12.1 Å². The van der Waals surface area contributed by atoms with Gasteiger partial charge in [-0.05, 0) is 37.3 Å². The molecule has 0 saturated carbocycles. The zero-order valence-electron chi connectivity index (χ0n) is 13.4. The van der Waals surface area contributed by atoms with E-state index < -0.39 is 44.5 Å². The molecule has 138 valence electrons. The van der Waals surface area contributed by atoms with E-state index in [4.69, 9.17) is 10.5 Å². The number of sulfonamides is 1. The van der Waals surface area contributed by atoms with Crippen LogP contribution in [-0.4, -0.2) is 26.4 Å². The second-order valence-electron chi connectivity index (χ2n) is 5.18. The van der Waals surface area contributed by atoms with Gasteiger partial charge in [0.2, 0.25) is 0 Å². The molecule has 1 atom stereocenters. The number of benzene rings is 2. The predicted molar refractivity (Wildman–Crippen MR) is 87.7 cm³/mol. The fraction of sp³-hybridized carbons (Fsp3) is 0.125. The first-order chi connectivity index (χ1) is 12.1. The second-order valence-corrected chi connectivity index (χ2v) is 6.83. The number of rotatable bonds is 6. The highest BCUT2D eigenvalue weighted by molar-refractivity contribution is 7.92. The molecule has 7 nitrogen and oxygen atoms in total. The number of halogens is 2.